The molecule has 4 nitrogen and oxygen atoms in total. The number of carbonyl (C=O) groups excluding carboxylic acids is 1. The van der Waals surface area contributed by atoms with Crippen LogP contribution in [-0.2, 0) is 0 Å². The summed E-state index contributed by atoms with van der Waals surface area (Å²) in [7, 11) is 0. The molecule has 6 heteroatoms. The molecule has 1 aromatic rings. The van der Waals surface area contributed by atoms with E-state index in [4.69, 9.17) is 5.73 Å². The normalized spacial score (nSPS) is 12.2. The average molecular weight is 258 g/mol. The highest BCUT2D eigenvalue weighted by Gasteiger charge is 2.15. The van der Waals surface area contributed by atoms with Crippen molar-refractivity contribution in [3.63, 3.8) is 0 Å². The van der Waals surface area contributed by atoms with E-state index in [2.05, 4.69) is 5.32 Å². The number of benzene rings is 1. The van der Waals surface area contributed by atoms with E-state index >= 15 is 0 Å². The Morgan fingerprint density at radius 2 is 2.11 bits per heavy atom. The Bertz CT molecular complexity index is 438. The Hall–Kier alpha value is -1.69. The number of anilines is 1. The number of rotatable bonds is 5. The van der Waals surface area contributed by atoms with Crippen molar-refractivity contribution in [3.05, 3.63) is 29.3 Å². The minimum Gasteiger partial charge on any atom is -0.396 e. The topological polar surface area (TPSA) is 75.3 Å². The number of carbonyl (C=O) groups is 1. The fourth-order valence-corrected chi connectivity index (χ4v) is 1.48. The van der Waals surface area contributed by atoms with Gasteiger partial charge in [-0.2, -0.15) is 0 Å². The van der Waals surface area contributed by atoms with Crippen LogP contribution in [0.5, 0.6) is 0 Å². The highest BCUT2D eigenvalue weighted by molar-refractivity contribution is 5.95. The number of aliphatic hydroxyl groups is 1. The third-order valence-corrected chi connectivity index (χ3v) is 2.45. The molecule has 100 valence electrons. The maximum atomic E-state index is 13.3. The van der Waals surface area contributed by atoms with Crippen LogP contribution < -0.4 is 11.1 Å². The standard InChI is InChI=1S/C12H16F2N2O2/c1-2-3-7(17)6-16-12(18)8-4-11(15)10(14)5-9(8)13/h4-5,7,17H,2-3,6,15H2,1H3,(H,16,18). The van der Waals surface area contributed by atoms with Crippen LogP contribution in [0.2, 0.25) is 0 Å². The summed E-state index contributed by atoms with van der Waals surface area (Å²) in [4.78, 5) is 11.6. The molecule has 0 aromatic heterocycles. The monoisotopic (exact) mass is 258 g/mol. The van der Waals surface area contributed by atoms with Crippen molar-refractivity contribution >= 4 is 11.6 Å². The molecule has 0 fully saturated rings. The Morgan fingerprint density at radius 1 is 1.44 bits per heavy atom. The molecule has 1 rings (SSSR count). The molecule has 0 bridgehead atoms. The predicted molar refractivity (Wildman–Crippen MR) is 64.0 cm³/mol. The fraction of sp³-hybridized carbons (Fsp3) is 0.417. The van der Waals surface area contributed by atoms with Crippen molar-refractivity contribution in [1.82, 2.24) is 5.32 Å². The summed E-state index contributed by atoms with van der Waals surface area (Å²) in [5.41, 5.74) is 4.63. The van der Waals surface area contributed by atoms with E-state index in [-0.39, 0.29) is 17.8 Å². The Labute approximate surface area is 104 Å². The van der Waals surface area contributed by atoms with E-state index in [0.29, 0.717) is 12.5 Å². The SMILES string of the molecule is CCCC(O)CNC(=O)c1cc(N)c(F)cc1F. The minimum atomic E-state index is -0.982. The second kappa shape index (κ2) is 6.30. The lowest BCUT2D eigenvalue weighted by Gasteiger charge is -2.11. The summed E-state index contributed by atoms with van der Waals surface area (Å²) < 4.78 is 26.2. The van der Waals surface area contributed by atoms with Gasteiger partial charge in [0.25, 0.3) is 5.91 Å². The van der Waals surface area contributed by atoms with Gasteiger partial charge in [-0.25, -0.2) is 8.78 Å². The van der Waals surface area contributed by atoms with Gasteiger partial charge < -0.3 is 16.2 Å². The smallest absolute Gasteiger partial charge is 0.254 e. The van der Waals surface area contributed by atoms with Crippen molar-refractivity contribution in [2.45, 2.75) is 25.9 Å². The number of hydrogen-bond acceptors (Lipinski definition) is 3. The largest absolute Gasteiger partial charge is 0.396 e. The van der Waals surface area contributed by atoms with Crippen LogP contribution in [0.15, 0.2) is 12.1 Å². The van der Waals surface area contributed by atoms with Gasteiger partial charge in [-0.15, -0.1) is 0 Å². The van der Waals surface area contributed by atoms with Gasteiger partial charge in [-0.1, -0.05) is 13.3 Å². The second-order valence-electron chi connectivity index (χ2n) is 4.01. The van der Waals surface area contributed by atoms with Crippen LogP contribution in [0.1, 0.15) is 30.1 Å². The average Bonchev–Trinajstić information content (AvgIpc) is 2.31. The van der Waals surface area contributed by atoms with Gasteiger partial charge in [0.2, 0.25) is 0 Å². The number of nitrogens with one attached hydrogen (secondary N) is 1. The van der Waals surface area contributed by atoms with Crippen LogP contribution in [0.25, 0.3) is 0 Å². The molecule has 1 aromatic carbocycles. The molecule has 1 unspecified atom stereocenters. The van der Waals surface area contributed by atoms with Crippen LogP contribution in [0, 0.1) is 11.6 Å². The molecule has 0 spiro atoms. The molecule has 1 atom stereocenters. The van der Waals surface area contributed by atoms with Crippen LogP contribution in [0.3, 0.4) is 0 Å². The number of nitrogens with two attached hydrogens (primary N) is 1. The van der Waals surface area contributed by atoms with E-state index in [1.807, 2.05) is 6.92 Å². The summed E-state index contributed by atoms with van der Waals surface area (Å²) in [5, 5.41) is 11.8. The van der Waals surface area contributed by atoms with Crippen molar-refractivity contribution < 1.29 is 18.7 Å². The first kappa shape index (κ1) is 14.4. The second-order valence-corrected chi connectivity index (χ2v) is 4.01. The molecule has 0 aliphatic rings. The van der Waals surface area contributed by atoms with Crippen molar-refractivity contribution in [3.8, 4) is 0 Å². The lowest BCUT2D eigenvalue weighted by molar-refractivity contribution is 0.0906. The summed E-state index contributed by atoms with van der Waals surface area (Å²) in [6.45, 7) is 1.91. The molecule has 0 saturated heterocycles. The van der Waals surface area contributed by atoms with E-state index in [1.54, 1.807) is 0 Å². The molecule has 18 heavy (non-hydrogen) atoms. The zero-order valence-electron chi connectivity index (χ0n) is 10.0. The summed E-state index contributed by atoms with van der Waals surface area (Å²) in [6, 6.07) is 1.50. The number of aliphatic hydroxyl groups excluding tert-OH is 1. The van der Waals surface area contributed by atoms with Crippen LogP contribution >= 0.6 is 0 Å². The van der Waals surface area contributed by atoms with E-state index in [9.17, 15) is 18.7 Å². The van der Waals surface area contributed by atoms with Gasteiger partial charge in [-0.05, 0) is 12.5 Å². The van der Waals surface area contributed by atoms with Gasteiger partial charge in [0.1, 0.15) is 11.6 Å². The zero-order chi connectivity index (χ0) is 13.7. The van der Waals surface area contributed by atoms with E-state index in [1.165, 1.54) is 0 Å². The first-order valence-corrected chi connectivity index (χ1v) is 5.66. The first-order chi connectivity index (χ1) is 8.45. The summed E-state index contributed by atoms with van der Waals surface area (Å²) in [6.07, 6.45) is 0.628. The number of nitrogen functional groups attached to an aromatic ring is 1. The molecular formula is C12H16F2N2O2. The molecule has 1 amide bonds. The van der Waals surface area contributed by atoms with Gasteiger partial charge in [-0.3, -0.25) is 4.79 Å². The number of hydrogen-bond donors (Lipinski definition) is 3. The Kier molecular flexibility index (Phi) is 5.03. The molecule has 0 radical (unpaired) electrons. The molecule has 0 aliphatic heterocycles. The Balaban J connectivity index is 2.70. The van der Waals surface area contributed by atoms with Crippen molar-refractivity contribution in [1.29, 1.82) is 0 Å². The first-order valence-electron chi connectivity index (χ1n) is 5.66. The van der Waals surface area contributed by atoms with Gasteiger partial charge >= 0.3 is 0 Å². The van der Waals surface area contributed by atoms with Crippen LogP contribution in [-0.4, -0.2) is 23.7 Å². The minimum absolute atomic E-state index is 0.0173. The molecule has 4 N–H and O–H groups in total. The fourth-order valence-electron chi connectivity index (χ4n) is 1.48. The zero-order valence-corrected chi connectivity index (χ0v) is 10.0. The maximum absolute atomic E-state index is 13.3. The number of halogens is 2. The molecule has 0 heterocycles. The summed E-state index contributed by atoms with van der Waals surface area (Å²) in [5.74, 6) is -2.62. The van der Waals surface area contributed by atoms with Gasteiger partial charge in [0.15, 0.2) is 0 Å². The molecule has 0 aliphatic carbocycles. The quantitative estimate of drug-likeness (QED) is 0.699. The predicted octanol–water partition coefficient (Wildman–Crippen LogP) is 1.44. The molecular weight excluding hydrogens is 242 g/mol. The third-order valence-electron chi connectivity index (χ3n) is 2.45. The van der Waals surface area contributed by atoms with Crippen molar-refractivity contribution in [2.75, 3.05) is 12.3 Å². The van der Waals surface area contributed by atoms with Crippen molar-refractivity contribution in [2.24, 2.45) is 0 Å². The van der Waals surface area contributed by atoms with E-state index in [0.717, 1.165) is 12.5 Å². The third kappa shape index (κ3) is 3.66. The highest BCUT2D eigenvalue weighted by Crippen LogP contribution is 2.16. The number of amides is 1. The highest BCUT2D eigenvalue weighted by atomic mass is 19.1. The van der Waals surface area contributed by atoms with Gasteiger partial charge in [0.05, 0.1) is 17.4 Å². The lowest BCUT2D eigenvalue weighted by atomic mass is 10.1. The maximum Gasteiger partial charge on any atom is 0.254 e. The summed E-state index contributed by atoms with van der Waals surface area (Å²) >= 11 is 0. The lowest BCUT2D eigenvalue weighted by Crippen LogP contribution is -2.32. The Morgan fingerprint density at radius 3 is 2.72 bits per heavy atom. The van der Waals surface area contributed by atoms with E-state index < -0.39 is 23.6 Å². The molecule has 0 saturated carbocycles. The van der Waals surface area contributed by atoms with Crippen LogP contribution in [0.4, 0.5) is 14.5 Å². The van der Waals surface area contributed by atoms with Gasteiger partial charge in [0, 0.05) is 12.6 Å².